The van der Waals surface area contributed by atoms with Gasteiger partial charge in [0.2, 0.25) is 5.88 Å². The Morgan fingerprint density at radius 3 is 2.79 bits per heavy atom. The second-order valence-electron chi connectivity index (χ2n) is 4.32. The van der Waals surface area contributed by atoms with Gasteiger partial charge >= 0.3 is 0 Å². The molecule has 1 aliphatic heterocycles. The molecule has 3 rings (SSSR count). The zero-order valence-electron chi connectivity index (χ0n) is 8.20. The van der Waals surface area contributed by atoms with Crippen LogP contribution in [0.5, 0.6) is 0 Å². The first kappa shape index (κ1) is 8.29. The minimum Gasteiger partial charge on any atom is -0.367 e. The fourth-order valence-corrected chi connectivity index (χ4v) is 2.63. The molecule has 2 N–H and O–H groups in total. The van der Waals surface area contributed by atoms with Crippen LogP contribution in [0.4, 0.5) is 5.88 Å². The van der Waals surface area contributed by atoms with Crippen molar-refractivity contribution in [1.29, 1.82) is 0 Å². The normalized spacial score (nSPS) is 23.1. The number of nitrogen functional groups attached to an aromatic ring is 1. The Kier molecular flexibility index (Phi) is 1.77. The summed E-state index contributed by atoms with van der Waals surface area (Å²) in [5.74, 6) is 0.514. The molecule has 0 unspecified atom stereocenters. The van der Waals surface area contributed by atoms with Gasteiger partial charge in [-0.05, 0) is 12.8 Å². The highest BCUT2D eigenvalue weighted by Crippen LogP contribution is 2.33. The lowest BCUT2D eigenvalue weighted by atomic mass is 10.2. The van der Waals surface area contributed by atoms with Crippen molar-refractivity contribution >= 4 is 5.88 Å². The van der Waals surface area contributed by atoms with Crippen molar-refractivity contribution in [1.82, 2.24) is 10.1 Å². The Hall–Kier alpha value is -1.03. The van der Waals surface area contributed by atoms with Crippen LogP contribution in [0.15, 0.2) is 4.52 Å². The average Bonchev–Trinajstić information content (AvgIpc) is 2.83. The molecular weight excluding hydrogens is 178 g/mol. The summed E-state index contributed by atoms with van der Waals surface area (Å²) in [6, 6.07) is 0.753. The molecule has 1 aromatic rings. The van der Waals surface area contributed by atoms with Gasteiger partial charge in [-0.2, -0.15) is 0 Å². The molecule has 0 radical (unpaired) electrons. The minimum atomic E-state index is 0.514. The molecule has 76 valence electrons. The fourth-order valence-electron chi connectivity index (χ4n) is 2.63. The Balaban J connectivity index is 1.77. The highest BCUT2D eigenvalue weighted by atomic mass is 16.5. The number of rotatable bonds is 1. The molecule has 14 heavy (non-hydrogen) atoms. The van der Waals surface area contributed by atoms with Gasteiger partial charge in [0.05, 0.1) is 5.56 Å². The molecule has 1 fully saturated rings. The van der Waals surface area contributed by atoms with Crippen LogP contribution < -0.4 is 5.73 Å². The minimum absolute atomic E-state index is 0.514. The third-order valence-corrected chi connectivity index (χ3v) is 3.46. The van der Waals surface area contributed by atoms with E-state index >= 15 is 0 Å². The van der Waals surface area contributed by atoms with Crippen molar-refractivity contribution in [3.8, 4) is 0 Å². The summed E-state index contributed by atoms with van der Waals surface area (Å²) in [4.78, 5) is 2.48. The summed E-state index contributed by atoms with van der Waals surface area (Å²) >= 11 is 0. The van der Waals surface area contributed by atoms with Gasteiger partial charge in [-0.1, -0.05) is 18.0 Å². The highest BCUT2D eigenvalue weighted by molar-refractivity contribution is 5.41. The zero-order chi connectivity index (χ0) is 9.54. The van der Waals surface area contributed by atoms with Crippen LogP contribution in [-0.4, -0.2) is 16.1 Å². The van der Waals surface area contributed by atoms with E-state index in [1.54, 1.807) is 0 Å². The predicted octanol–water partition coefficient (Wildman–Crippen LogP) is 1.52. The molecule has 1 saturated carbocycles. The number of hydrogen-bond acceptors (Lipinski definition) is 4. The van der Waals surface area contributed by atoms with Gasteiger partial charge in [0.1, 0.15) is 5.69 Å². The van der Waals surface area contributed by atoms with Crippen LogP contribution in [0, 0.1) is 0 Å². The quantitative estimate of drug-likeness (QED) is 0.734. The van der Waals surface area contributed by atoms with Crippen molar-refractivity contribution in [2.45, 2.75) is 44.8 Å². The number of aromatic nitrogens is 1. The van der Waals surface area contributed by atoms with Gasteiger partial charge in [-0.25, -0.2) is 0 Å². The van der Waals surface area contributed by atoms with Crippen LogP contribution in [0.3, 0.4) is 0 Å². The second-order valence-corrected chi connectivity index (χ2v) is 4.32. The Morgan fingerprint density at radius 1 is 1.29 bits per heavy atom. The molecule has 0 spiro atoms. The second kappa shape index (κ2) is 2.98. The van der Waals surface area contributed by atoms with Crippen molar-refractivity contribution in [2.75, 3.05) is 5.73 Å². The van der Waals surface area contributed by atoms with Crippen LogP contribution >= 0.6 is 0 Å². The lowest BCUT2D eigenvalue weighted by Gasteiger charge is -2.22. The monoisotopic (exact) mass is 193 g/mol. The first-order chi connectivity index (χ1) is 6.84. The SMILES string of the molecule is Nc1onc2c1CN(C1CCCC1)C2. The topological polar surface area (TPSA) is 55.3 Å². The van der Waals surface area contributed by atoms with Crippen molar-refractivity contribution in [3.05, 3.63) is 11.3 Å². The fraction of sp³-hybridized carbons (Fsp3) is 0.700. The summed E-state index contributed by atoms with van der Waals surface area (Å²) in [5.41, 5.74) is 7.87. The molecular formula is C10H15N3O. The van der Waals surface area contributed by atoms with Crippen molar-refractivity contribution in [3.63, 3.8) is 0 Å². The summed E-state index contributed by atoms with van der Waals surface area (Å²) in [6.07, 6.45) is 5.42. The number of anilines is 1. The first-order valence-corrected chi connectivity index (χ1v) is 5.31. The number of nitrogens with two attached hydrogens (primary N) is 1. The van der Waals surface area contributed by atoms with Gasteiger partial charge in [0, 0.05) is 19.1 Å². The Morgan fingerprint density at radius 2 is 2.07 bits per heavy atom. The molecule has 1 aromatic heterocycles. The molecule has 2 aliphatic rings. The maximum absolute atomic E-state index is 5.70. The van der Waals surface area contributed by atoms with E-state index < -0.39 is 0 Å². The maximum atomic E-state index is 5.70. The summed E-state index contributed by atoms with van der Waals surface area (Å²) in [6.45, 7) is 1.87. The highest BCUT2D eigenvalue weighted by Gasteiger charge is 2.31. The van der Waals surface area contributed by atoms with E-state index in [1.165, 1.54) is 25.7 Å². The smallest absolute Gasteiger partial charge is 0.226 e. The van der Waals surface area contributed by atoms with E-state index in [0.717, 1.165) is 30.4 Å². The molecule has 0 aromatic carbocycles. The van der Waals surface area contributed by atoms with Gasteiger partial charge in [0.15, 0.2) is 0 Å². The third kappa shape index (κ3) is 1.14. The van der Waals surface area contributed by atoms with Crippen LogP contribution in [0.1, 0.15) is 36.9 Å². The van der Waals surface area contributed by atoms with Crippen LogP contribution in [-0.2, 0) is 13.1 Å². The predicted molar refractivity (Wildman–Crippen MR) is 52.4 cm³/mol. The molecule has 0 saturated heterocycles. The van der Waals surface area contributed by atoms with Gasteiger partial charge in [-0.15, -0.1) is 0 Å². The molecule has 2 heterocycles. The number of fused-ring (bicyclic) bond motifs is 1. The Labute approximate surface area is 83.0 Å². The summed E-state index contributed by atoms with van der Waals surface area (Å²) < 4.78 is 4.95. The van der Waals surface area contributed by atoms with E-state index in [-0.39, 0.29) is 0 Å². The average molecular weight is 193 g/mol. The van der Waals surface area contributed by atoms with Crippen molar-refractivity contribution < 1.29 is 4.52 Å². The van der Waals surface area contributed by atoms with Gasteiger partial charge < -0.3 is 10.3 Å². The summed E-state index contributed by atoms with van der Waals surface area (Å²) in [7, 11) is 0. The van der Waals surface area contributed by atoms with Crippen LogP contribution in [0.25, 0.3) is 0 Å². The standard InChI is InChI=1S/C10H15N3O/c11-10-8-5-13(6-9(8)12-14-10)7-3-1-2-4-7/h7H,1-6,11H2. The van der Waals surface area contributed by atoms with Crippen molar-refractivity contribution in [2.24, 2.45) is 0 Å². The zero-order valence-corrected chi connectivity index (χ0v) is 8.20. The van der Waals surface area contributed by atoms with Gasteiger partial charge in [0.25, 0.3) is 0 Å². The lowest BCUT2D eigenvalue weighted by Crippen LogP contribution is -2.28. The third-order valence-electron chi connectivity index (χ3n) is 3.46. The molecule has 4 nitrogen and oxygen atoms in total. The van der Waals surface area contributed by atoms with E-state index in [2.05, 4.69) is 10.1 Å². The largest absolute Gasteiger partial charge is 0.367 e. The van der Waals surface area contributed by atoms with E-state index in [9.17, 15) is 0 Å². The molecule has 0 atom stereocenters. The van der Waals surface area contributed by atoms with E-state index in [4.69, 9.17) is 10.3 Å². The van der Waals surface area contributed by atoms with Gasteiger partial charge in [-0.3, -0.25) is 4.90 Å². The van der Waals surface area contributed by atoms with Crippen LogP contribution in [0.2, 0.25) is 0 Å². The molecule has 1 aliphatic carbocycles. The Bertz CT molecular complexity index is 341. The molecule has 0 amide bonds. The molecule has 4 heteroatoms. The maximum Gasteiger partial charge on any atom is 0.226 e. The number of hydrogen-bond donors (Lipinski definition) is 1. The lowest BCUT2D eigenvalue weighted by molar-refractivity contribution is 0.195. The summed E-state index contributed by atoms with van der Waals surface area (Å²) in [5, 5.41) is 3.98. The molecule has 0 bridgehead atoms. The van der Waals surface area contributed by atoms with E-state index in [1.807, 2.05) is 0 Å². The number of nitrogens with zero attached hydrogens (tertiary/aromatic N) is 2. The first-order valence-electron chi connectivity index (χ1n) is 5.31. The van der Waals surface area contributed by atoms with E-state index in [0.29, 0.717) is 5.88 Å².